The topological polar surface area (TPSA) is 104 Å². The number of rotatable bonds is 4. The van der Waals surface area contributed by atoms with Crippen molar-refractivity contribution >= 4 is 15.8 Å². The van der Waals surface area contributed by atoms with Crippen LogP contribution in [0.2, 0.25) is 0 Å². The van der Waals surface area contributed by atoms with E-state index in [1.54, 1.807) is 20.0 Å². The van der Waals surface area contributed by atoms with Gasteiger partial charge in [-0.3, -0.25) is 14.9 Å². The Morgan fingerprint density at radius 1 is 1.33 bits per heavy atom. The molecule has 0 atom stereocenters. The lowest BCUT2D eigenvalue weighted by Gasteiger charge is -2.07. The Hall–Kier alpha value is -1.83. The molecule has 0 amide bonds. The lowest BCUT2D eigenvalue weighted by atomic mass is 10.3. The molecule has 2 heterocycles. The highest BCUT2D eigenvalue weighted by Gasteiger charge is 2.23. The van der Waals surface area contributed by atoms with Gasteiger partial charge in [0.25, 0.3) is 10.0 Å². The summed E-state index contributed by atoms with van der Waals surface area (Å²) in [5, 5.41) is 13.0. The molecule has 0 bridgehead atoms. The third kappa shape index (κ3) is 2.10. The SMILES string of the molecule is CCc1cn[nH]c1NS(=O)(=O)c1c(C)n[nH]c1C. The summed E-state index contributed by atoms with van der Waals surface area (Å²) >= 11 is 0. The first kappa shape index (κ1) is 12.6. The number of aromatic nitrogens is 4. The molecule has 2 aromatic heterocycles. The van der Waals surface area contributed by atoms with Crippen LogP contribution in [-0.4, -0.2) is 28.8 Å². The minimum absolute atomic E-state index is 0.180. The van der Waals surface area contributed by atoms with E-state index >= 15 is 0 Å². The molecule has 2 rings (SSSR count). The molecule has 0 spiro atoms. The van der Waals surface area contributed by atoms with Crippen LogP contribution in [-0.2, 0) is 16.4 Å². The molecular formula is C10H15N5O2S. The zero-order chi connectivity index (χ0) is 13.3. The number of H-pyrrole nitrogens is 2. The molecule has 8 heteroatoms. The lowest BCUT2D eigenvalue weighted by molar-refractivity contribution is 0.600. The van der Waals surface area contributed by atoms with Gasteiger partial charge in [-0.15, -0.1) is 0 Å². The number of nitrogens with one attached hydrogen (secondary N) is 3. The van der Waals surface area contributed by atoms with Gasteiger partial charge in [-0.25, -0.2) is 8.42 Å². The van der Waals surface area contributed by atoms with Crippen molar-refractivity contribution in [2.45, 2.75) is 32.1 Å². The molecule has 0 saturated carbocycles. The van der Waals surface area contributed by atoms with E-state index in [4.69, 9.17) is 0 Å². The highest BCUT2D eigenvalue weighted by atomic mass is 32.2. The fourth-order valence-electron chi connectivity index (χ4n) is 1.79. The summed E-state index contributed by atoms with van der Waals surface area (Å²) in [5.41, 5.74) is 1.77. The van der Waals surface area contributed by atoms with Crippen LogP contribution in [0, 0.1) is 13.8 Å². The highest BCUT2D eigenvalue weighted by Crippen LogP contribution is 2.21. The van der Waals surface area contributed by atoms with Crippen LogP contribution in [0.1, 0.15) is 23.9 Å². The van der Waals surface area contributed by atoms with Gasteiger partial charge in [-0.05, 0) is 20.3 Å². The molecule has 0 aliphatic rings. The first-order valence-electron chi connectivity index (χ1n) is 5.52. The van der Waals surface area contributed by atoms with Gasteiger partial charge in [-0.1, -0.05) is 6.92 Å². The van der Waals surface area contributed by atoms with E-state index in [2.05, 4.69) is 25.1 Å². The highest BCUT2D eigenvalue weighted by molar-refractivity contribution is 7.92. The molecular weight excluding hydrogens is 254 g/mol. The summed E-state index contributed by atoms with van der Waals surface area (Å²) in [7, 11) is -3.65. The molecule has 0 aliphatic carbocycles. The minimum Gasteiger partial charge on any atom is -0.281 e. The second kappa shape index (κ2) is 4.45. The third-order valence-electron chi connectivity index (χ3n) is 2.66. The van der Waals surface area contributed by atoms with Crippen LogP contribution in [0.25, 0.3) is 0 Å². The molecule has 18 heavy (non-hydrogen) atoms. The van der Waals surface area contributed by atoms with Crippen molar-refractivity contribution in [2.75, 3.05) is 4.72 Å². The number of aryl methyl sites for hydroxylation is 3. The average Bonchev–Trinajstić information content (AvgIpc) is 2.85. The quantitative estimate of drug-likeness (QED) is 0.773. The Morgan fingerprint density at radius 3 is 2.61 bits per heavy atom. The van der Waals surface area contributed by atoms with Crippen molar-refractivity contribution in [3.8, 4) is 0 Å². The Labute approximate surface area is 105 Å². The molecule has 3 N–H and O–H groups in total. The van der Waals surface area contributed by atoms with Gasteiger partial charge < -0.3 is 0 Å². The first-order chi connectivity index (χ1) is 8.45. The van der Waals surface area contributed by atoms with Crippen LogP contribution >= 0.6 is 0 Å². The Balaban J connectivity index is 2.40. The van der Waals surface area contributed by atoms with Crippen LogP contribution < -0.4 is 4.72 Å². The molecule has 0 saturated heterocycles. The van der Waals surface area contributed by atoms with E-state index in [-0.39, 0.29) is 4.90 Å². The van der Waals surface area contributed by atoms with Crippen LogP contribution in [0.4, 0.5) is 5.82 Å². The lowest BCUT2D eigenvalue weighted by Crippen LogP contribution is -2.15. The van der Waals surface area contributed by atoms with E-state index in [0.717, 1.165) is 5.56 Å². The number of sulfonamides is 1. The first-order valence-corrected chi connectivity index (χ1v) is 7.00. The number of hydrogen-bond donors (Lipinski definition) is 3. The fraction of sp³-hybridized carbons (Fsp3) is 0.400. The monoisotopic (exact) mass is 269 g/mol. The zero-order valence-corrected chi connectivity index (χ0v) is 11.2. The minimum atomic E-state index is -3.65. The van der Waals surface area contributed by atoms with Gasteiger partial charge in [-0.2, -0.15) is 10.2 Å². The van der Waals surface area contributed by atoms with Crippen molar-refractivity contribution in [3.05, 3.63) is 23.1 Å². The molecule has 0 aromatic carbocycles. The van der Waals surface area contributed by atoms with Crippen molar-refractivity contribution in [1.82, 2.24) is 20.4 Å². The molecule has 0 fully saturated rings. The standard InChI is InChI=1S/C10H15N5O2S/c1-4-8-5-11-14-10(8)15-18(16,17)9-6(2)12-13-7(9)3/h5H,4H2,1-3H3,(H,12,13)(H2,11,14,15). The van der Waals surface area contributed by atoms with Gasteiger partial charge in [0.05, 0.1) is 17.6 Å². The van der Waals surface area contributed by atoms with Gasteiger partial charge >= 0.3 is 0 Å². The fourth-order valence-corrected chi connectivity index (χ4v) is 3.22. The van der Waals surface area contributed by atoms with Crippen molar-refractivity contribution in [1.29, 1.82) is 0 Å². The molecule has 2 aromatic rings. The second-order valence-electron chi connectivity index (χ2n) is 3.99. The molecule has 7 nitrogen and oxygen atoms in total. The van der Waals surface area contributed by atoms with Crippen LogP contribution in [0.15, 0.2) is 11.1 Å². The maximum Gasteiger partial charge on any atom is 0.266 e. The summed E-state index contributed by atoms with van der Waals surface area (Å²) < 4.78 is 27.0. The van der Waals surface area contributed by atoms with E-state index in [1.807, 2.05) is 6.92 Å². The number of aromatic amines is 2. The summed E-state index contributed by atoms with van der Waals surface area (Å²) in [6.45, 7) is 5.24. The number of nitrogens with zero attached hydrogens (tertiary/aromatic N) is 2. The van der Waals surface area contributed by atoms with Gasteiger partial charge in [0, 0.05) is 5.56 Å². The maximum atomic E-state index is 12.3. The Bertz CT molecular complexity index is 636. The normalized spacial score (nSPS) is 11.7. The van der Waals surface area contributed by atoms with Gasteiger partial charge in [0.1, 0.15) is 10.7 Å². The summed E-state index contributed by atoms with van der Waals surface area (Å²) in [6, 6.07) is 0. The predicted octanol–water partition coefficient (Wildman–Crippen LogP) is 1.11. The molecule has 0 unspecified atom stereocenters. The van der Waals surface area contributed by atoms with Gasteiger partial charge in [0.15, 0.2) is 0 Å². The van der Waals surface area contributed by atoms with E-state index in [1.165, 1.54) is 0 Å². The maximum absolute atomic E-state index is 12.3. The number of anilines is 1. The smallest absolute Gasteiger partial charge is 0.266 e. The van der Waals surface area contributed by atoms with Crippen molar-refractivity contribution < 1.29 is 8.42 Å². The summed E-state index contributed by atoms with van der Waals surface area (Å²) in [4.78, 5) is 0.180. The number of hydrogen-bond acceptors (Lipinski definition) is 4. The van der Waals surface area contributed by atoms with Gasteiger partial charge in [0.2, 0.25) is 0 Å². The van der Waals surface area contributed by atoms with Crippen molar-refractivity contribution in [2.24, 2.45) is 0 Å². The van der Waals surface area contributed by atoms with Crippen molar-refractivity contribution in [3.63, 3.8) is 0 Å². The average molecular weight is 269 g/mol. The summed E-state index contributed by atoms with van der Waals surface area (Å²) in [5.74, 6) is 0.400. The zero-order valence-electron chi connectivity index (χ0n) is 10.4. The Kier molecular flexibility index (Phi) is 3.12. The largest absolute Gasteiger partial charge is 0.281 e. The summed E-state index contributed by atoms with van der Waals surface area (Å²) in [6.07, 6.45) is 2.30. The van der Waals surface area contributed by atoms with Crippen LogP contribution in [0.5, 0.6) is 0 Å². The molecule has 0 aliphatic heterocycles. The van der Waals surface area contributed by atoms with E-state index in [9.17, 15) is 8.42 Å². The van der Waals surface area contributed by atoms with E-state index in [0.29, 0.717) is 23.6 Å². The Morgan fingerprint density at radius 2 is 2.06 bits per heavy atom. The van der Waals surface area contributed by atoms with E-state index < -0.39 is 10.0 Å². The molecule has 98 valence electrons. The molecule has 0 radical (unpaired) electrons. The third-order valence-corrected chi connectivity index (χ3v) is 4.28. The van der Waals surface area contributed by atoms with Crippen LogP contribution in [0.3, 0.4) is 0 Å². The second-order valence-corrected chi connectivity index (χ2v) is 5.61. The predicted molar refractivity (Wildman–Crippen MR) is 66.8 cm³/mol.